The van der Waals surface area contributed by atoms with Gasteiger partial charge in [0.15, 0.2) is 0 Å². The summed E-state index contributed by atoms with van der Waals surface area (Å²) in [6.07, 6.45) is 2.46. The van der Waals surface area contributed by atoms with E-state index in [1.54, 1.807) is 0 Å². The molecule has 0 aromatic heterocycles. The van der Waals surface area contributed by atoms with E-state index in [4.69, 9.17) is 0 Å². The maximum atomic E-state index is 11.4. The summed E-state index contributed by atoms with van der Waals surface area (Å²) in [4.78, 5) is 13.4. The monoisotopic (exact) mass is 233 g/mol. The molecule has 0 spiro atoms. The van der Waals surface area contributed by atoms with Crippen LogP contribution in [0.4, 0.5) is 5.69 Å². The van der Waals surface area contributed by atoms with Gasteiger partial charge in [0.25, 0.3) is 0 Å². The third-order valence-electron chi connectivity index (χ3n) is 3.63. The van der Waals surface area contributed by atoms with Crippen molar-refractivity contribution in [2.24, 2.45) is 0 Å². The number of benzene rings is 1. The lowest BCUT2D eigenvalue weighted by Crippen LogP contribution is -2.23. The van der Waals surface area contributed by atoms with Gasteiger partial charge < -0.3 is 10.0 Å². The third kappa shape index (κ3) is 1.90. The Morgan fingerprint density at radius 1 is 1.41 bits per heavy atom. The zero-order valence-electron chi connectivity index (χ0n) is 10.7. The predicted molar refractivity (Wildman–Crippen MR) is 68.7 cm³/mol. The second-order valence-electron chi connectivity index (χ2n) is 4.99. The molecular weight excluding hydrogens is 214 g/mol. The van der Waals surface area contributed by atoms with Crippen molar-refractivity contribution in [3.05, 3.63) is 29.3 Å². The van der Waals surface area contributed by atoms with E-state index < -0.39 is 11.4 Å². The molecule has 92 valence electrons. The molecule has 1 saturated carbocycles. The highest BCUT2D eigenvalue weighted by molar-refractivity contribution is 5.87. The van der Waals surface area contributed by atoms with E-state index in [0.29, 0.717) is 0 Å². The molecule has 1 aliphatic rings. The van der Waals surface area contributed by atoms with Gasteiger partial charge in [-0.1, -0.05) is 19.1 Å². The Kier molecular flexibility index (Phi) is 2.86. The summed E-state index contributed by atoms with van der Waals surface area (Å²) in [7, 11) is 3.92. The molecule has 3 nitrogen and oxygen atoms in total. The van der Waals surface area contributed by atoms with Crippen LogP contribution >= 0.6 is 0 Å². The lowest BCUT2D eigenvalue weighted by Gasteiger charge is -2.22. The largest absolute Gasteiger partial charge is 0.481 e. The Morgan fingerprint density at radius 2 is 2.06 bits per heavy atom. The highest BCUT2D eigenvalue weighted by Crippen LogP contribution is 2.51. The van der Waals surface area contributed by atoms with E-state index >= 15 is 0 Å². The second-order valence-corrected chi connectivity index (χ2v) is 4.99. The highest BCUT2D eigenvalue weighted by Gasteiger charge is 2.53. The zero-order chi connectivity index (χ0) is 12.6. The van der Waals surface area contributed by atoms with Crippen LogP contribution in [0.25, 0.3) is 0 Å². The standard InChI is InChI=1S/C14H19NO2/c1-4-10-5-6-12(15(2)3)11(9-10)14(7-8-14)13(16)17/h5-6,9H,4,7-8H2,1-3H3,(H,16,17). The molecule has 17 heavy (non-hydrogen) atoms. The third-order valence-corrected chi connectivity index (χ3v) is 3.63. The van der Waals surface area contributed by atoms with Gasteiger partial charge in [-0.25, -0.2) is 0 Å². The molecule has 0 amide bonds. The molecule has 1 N–H and O–H groups in total. The van der Waals surface area contributed by atoms with Crippen molar-refractivity contribution in [1.82, 2.24) is 0 Å². The average molecular weight is 233 g/mol. The molecule has 0 atom stereocenters. The van der Waals surface area contributed by atoms with Crippen LogP contribution in [0.15, 0.2) is 18.2 Å². The van der Waals surface area contributed by atoms with Gasteiger partial charge in [-0.3, -0.25) is 4.79 Å². The summed E-state index contributed by atoms with van der Waals surface area (Å²) in [5, 5.41) is 9.41. The van der Waals surface area contributed by atoms with Gasteiger partial charge in [-0.2, -0.15) is 0 Å². The van der Waals surface area contributed by atoms with Gasteiger partial charge in [-0.15, -0.1) is 0 Å². The Bertz CT molecular complexity index is 448. The second kappa shape index (κ2) is 4.06. The van der Waals surface area contributed by atoms with Crippen LogP contribution in [0.2, 0.25) is 0 Å². The average Bonchev–Trinajstić information content (AvgIpc) is 3.09. The summed E-state index contributed by atoms with van der Waals surface area (Å²) in [5.41, 5.74) is 2.60. The van der Waals surface area contributed by atoms with Gasteiger partial charge in [0.2, 0.25) is 0 Å². The topological polar surface area (TPSA) is 40.5 Å². The first-order valence-corrected chi connectivity index (χ1v) is 6.05. The van der Waals surface area contributed by atoms with Crippen molar-refractivity contribution in [2.45, 2.75) is 31.6 Å². The van der Waals surface area contributed by atoms with Crippen LogP contribution in [0.5, 0.6) is 0 Å². The molecule has 0 heterocycles. The van der Waals surface area contributed by atoms with E-state index in [2.05, 4.69) is 19.1 Å². The Hall–Kier alpha value is -1.51. The molecule has 1 aromatic carbocycles. The number of anilines is 1. The predicted octanol–water partition coefficient (Wildman–Crippen LogP) is 2.43. The van der Waals surface area contributed by atoms with Crippen molar-refractivity contribution >= 4 is 11.7 Å². The number of aliphatic carboxylic acids is 1. The van der Waals surface area contributed by atoms with E-state index in [-0.39, 0.29) is 0 Å². The quantitative estimate of drug-likeness (QED) is 0.868. The molecule has 1 aromatic rings. The van der Waals surface area contributed by atoms with E-state index in [1.165, 1.54) is 5.56 Å². The number of hydrogen-bond acceptors (Lipinski definition) is 2. The SMILES string of the molecule is CCc1ccc(N(C)C)c(C2(C(=O)O)CC2)c1. The molecule has 1 fully saturated rings. The van der Waals surface area contributed by atoms with Crippen LogP contribution in [0, 0.1) is 0 Å². The summed E-state index contributed by atoms with van der Waals surface area (Å²) in [6.45, 7) is 2.09. The van der Waals surface area contributed by atoms with Gasteiger partial charge in [0.1, 0.15) is 0 Å². The number of carboxylic acids is 1. The summed E-state index contributed by atoms with van der Waals surface area (Å²) in [5.74, 6) is -0.686. The number of carboxylic acid groups (broad SMARTS) is 1. The van der Waals surface area contributed by atoms with Crippen LogP contribution in [-0.2, 0) is 16.6 Å². The number of rotatable bonds is 4. The fourth-order valence-corrected chi connectivity index (χ4v) is 2.30. The lowest BCUT2D eigenvalue weighted by atomic mass is 9.91. The van der Waals surface area contributed by atoms with Crippen molar-refractivity contribution < 1.29 is 9.90 Å². The Labute approximate surface area is 102 Å². The summed E-state index contributed by atoms with van der Waals surface area (Å²) >= 11 is 0. The minimum atomic E-state index is -0.686. The Morgan fingerprint density at radius 3 is 2.47 bits per heavy atom. The van der Waals surface area contributed by atoms with Crippen LogP contribution < -0.4 is 4.90 Å². The summed E-state index contributed by atoms with van der Waals surface area (Å²) in [6, 6.07) is 6.18. The number of hydrogen-bond donors (Lipinski definition) is 1. The van der Waals surface area contributed by atoms with E-state index in [1.807, 2.05) is 25.1 Å². The molecule has 3 heteroatoms. The smallest absolute Gasteiger partial charge is 0.314 e. The first-order valence-electron chi connectivity index (χ1n) is 6.05. The molecular formula is C14H19NO2. The fourth-order valence-electron chi connectivity index (χ4n) is 2.30. The molecule has 0 aliphatic heterocycles. The molecule has 0 bridgehead atoms. The minimum absolute atomic E-state index is 0.620. The van der Waals surface area contributed by atoms with Crippen molar-refractivity contribution in [3.63, 3.8) is 0 Å². The lowest BCUT2D eigenvalue weighted by molar-refractivity contribution is -0.140. The van der Waals surface area contributed by atoms with Gasteiger partial charge >= 0.3 is 5.97 Å². The Balaban J connectivity index is 2.53. The molecule has 1 aliphatic carbocycles. The first-order chi connectivity index (χ1) is 8.01. The van der Waals surface area contributed by atoms with Crippen LogP contribution in [0.1, 0.15) is 30.9 Å². The molecule has 0 radical (unpaired) electrons. The highest BCUT2D eigenvalue weighted by atomic mass is 16.4. The minimum Gasteiger partial charge on any atom is -0.481 e. The van der Waals surface area contributed by atoms with Gasteiger partial charge in [0, 0.05) is 19.8 Å². The molecule has 0 unspecified atom stereocenters. The van der Waals surface area contributed by atoms with E-state index in [0.717, 1.165) is 30.5 Å². The number of nitrogens with zero attached hydrogens (tertiary/aromatic N) is 1. The number of carbonyl (C=O) groups is 1. The van der Waals surface area contributed by atoms with Crippen LogP contribution in [0.3, 0.4) is 0 Å². The molecule has 2 rings (SSSR count). The van der Waals surface area contributed by atoms with Gasteiger partial charge in [-0.05, 0) is 36.5 Å². The van der Waals surface area contributed by atoms with Gasteiger partial charge in [0.05, 0.1) is 5.41 Å². The van der Waals surface area contributed by atoms with E-state index in [9.17, 15) is 9.90 Å². The number of aryl methyl sites for hydroxylation is 1. The fraction of sp³-hybridized carbons (Fsp3) is 0.500. The molecule has 0 saturated heterocycles. The van der Waals surface area contributed by atoms with Crippen LogP contribution in [-0.4, -0.2) is 25.2 Å². The zero-order valence-corrected chi connectivity index (χ0v) is 10.7. The maximum Gasteiger partial charge on any atom is 0.314 e. The van der Waals surface area contributed by atoms with Crippen molar-refractivity contribution in [1.29, 1.82) is 0 Å². The van der Waals surface area contributed by atoms with Crippen molar-refractivity contribution in [2.75, 3.05) is 19.0 Å². The first kappa shape index (κ1) is 12.0. The van der Waals surface area contributed by atoms with Crippen molar-refractivity contribution in [3.8, 4) is 0 Å². The normalized spacial score (nSPS) is 16.6. The maximum absolute atomic E-state index is 11.4. The summed E-state index contributed by atoms with van der Waals surface area (Å²) < 4.78 is 0.